The number of aliphatic imine (C=N–C) groups is 1. The van der Waals surface area contributed by atoms with Crippen LogP contribution in [0.2, 0.25) is 5.02 Å². The third-order valence-corrected chi connectivity index (χ3v) is 6.05. The molecule has 2 aliphatic rings. The highest BCUT2D eigenvalue weighted by Gasteiger charge is 2.35. The van der Waals surface area contributed by atoms with E-state index < -0.39 is 11.9 Å². The zero-order chi connectivity index (χ0) is 23.7. The van der Waals surface area contributed by atoms with Gasteiger partial charge < -0.3 is 9.15 Å². The van der Waals surface area contributed by atoms with E-state index in [1.165, 1.54) is 29.1 Å². The first kappa shape index (κ1) is 21.9. The number of nitrogens with one attached hydrogen (secondary N) is 1. The van der Waals surface area contributed by atoms with E-state index >= 15 is 0 Å². The topological polar surface area (TPSA) is 108 Å². The first-order chi connectivity index (χ1) is 16.5. The van der Waals surface area contributed by atoms with Crippen LogP contribution in [0.3, 0.4) is 0 Å². The fraction of sp³-hybridized carbons (Fsp3) is 0.0417. The lowest BCUT2D eigenvalue weighted by molar-refractivity contribution is -0.114. The van der Waals surface area contributed by atoms with Gasteiger partial charge in [-0.3, -0.25) is 10.2 Å². The summed E-state index contributed by atoms with van der Waals surface area (Å²) in [5.41, 5.74) is 1.76. The van der Waals surface area contributed by atoms with E-state index in [9.17, 15) is 9.59 Å². The molecule has 10 heteroatoms. The highest BCUT2D eigenvalue weighted by Crippen LogP contribution is 2.30. The Labute approximate surface area is 203 Å². The van der Waals surface area contributed by atoms with Gasteiger partial charge in [0.05, 0.1) is 11.8 Å². The van der Waals surface area contributed by atoms with Gasteiger partial charge in [-0.15, -0.1) is 0 Å². The number of carbonyl (C=O) groups is 2. The minimum absolute atomic E-state index is 0.0538. The van der Waals surface area contributed by atoms with E-state index in [0.29, 0.717) is 27.9 Å². The predicted molar refractivity (Wildman–Crippen MR) is 130 cm³/mol. The van der Waals surface area contributed by atoms with Gasteiger partial charge in [0, 0.05) is 11.4 Å². The number of ether oxygens (including phenoxy) is 1. The van der Waals surface area contributed by atoms with E-state index in [1.807, 2.05) is 12.1 Å². The number of amides is 1. The van der Waals surface area contributed by atoms with Crippen LogP contribution in [0.25, 0.3) is 6.08 Å². The molecule has 1 amide bonds. The van der Waals surface area contributed by atoms with Crippen molar-refractivity contribution < 1.29 is 18.7 Å². The lowest BCUT2D eigenvalue weighted by Gasteiger charge is -2.20. The highest BCUT2D eigenvalue weighted by atomic mass is 35.5. The van der Waals surface area contributed by atoms with Crippen molar-refractivity contribution in [3.63, 3.8) is 0 Å². The minimum atomic E-state index is -0.610. The van der Waals surface area contributed by atoms with Crippen LogP contribution in [0, 0.1) is 5.41 Å². The molecule has 0 bridgehead atoms. The van der Waals surface area contributed by atoms with Crippen molar-refractivity contribution in [3.8, 4) is 5.75 Å². The molecule has 0 saturated carbocycles. The normalized spacial score (nSPS) is 16.4. The van der Waals surface area contributed by atoms with Gasteiger partial charge >= 0.3 is 5.97 Å². The fourth-order valence-corrected chi connectivity index (χ4v) is 4.28. The maximum atomic E-state index is 12.6. The predicted octanol–water partition coefficient (Wildman–Crippen LogP) is 5.01. The van der Waals surface area contributed by atoms with Gasteiger partial charge in [0.2, 0.25) is 10.9 Å². The number of furan rings is 1. The summed E-state index contributed by atoms with van der Waals surface area (Å²) in [5.74, 6) is -0.759. The molecule has 2 aliphatic heterocycles. The summed E-state index contributed by atoms with van der Waals surface area (Å²) >= 11 is 7.20. The van der Waals surface area contributed by atoms with E-state index in [4.69, 9.17) is 26.2 Å². The third-order valence-electron chi connectivity index (χ3n) is 4.89. The summed E-state index contributed by atoms with van der Waals surface area (Å²) in [7, 11) is 0. The molecule has 0 spiro atoms. The molecule has 2 aromatic carbocycles. The Kier molecular flexibility index (Phi) is 5.87. The van der Waals surface area contributed by atoms with Crippen LogP contribution in [-0.2, 0) is 11.2 Å². The summed E-state index contributed by atoms with van der Waals surface area (Å²) in [6.07, 6.45) is 3.48. The maximum Gasteiger partial charge on any atom is 0.379 e. The quantitative estimate of drug-likeness (QED) is 0.306. The number of halogens is 1. The van der Waals surface area contributed by atoms with Crippen LogP contribution in [0.4, 0.5) is 0 Å². The number of hydrogen-bond acceptors (Lipinski definition) is 7. The van der Waals surface area contributed by atoms with Gasteiger partial charge in [-0.1, -0.05) is 35.9 Å². The summed E-state index contributed by atoms with van der Waals surface area (Å²) in [5, 5.41) is 16.1. The van der Waals surface area contributed by atoms with Gasteiger partial charge in [0.15, 0.2) is 5.84 Å². The molecule has 0 atom stereocenters. The van der Waals surface area contributed by atoms with Gasteiger partial charge in [0.1, 0.15) is 10.8 Å². The molecular formula is C24H15ClN4O4S. The standard InChI is InChI=1S/C24H15ClN4O4S/c25-16-7-3-15(4-8-16)13-20-28-29-21(26)18(22(30)27-24(29)34-20)12-14-5-9-17(10-6-14)33-23(31)19-2-1-11-32-19/h1-12,26H,13H2/b18-12-,26-21?. The Bertz CT molecular complexity index is 1380. The molecule has 168 valence electrons. The Morgan fingerprint density at radius 2 is 1.91 bits per heavy atom. The van der Waals surface area contributed by atoms with Crippen LogP contribution < -0.4 is 4.74 Å². The van der Waals surface area contributed by atoms with E-state index in [2.05, 4.69) is 10.1 Å². The van der Waals surface area contributed by atoms with Crippen molar-refractivity contribution in [1.29, 1.82) is 5.41 Å². The smallest absolute Gasteiger partial charge is 0.379 e. The number of esters is 1. The molecule has 1 N–H and O–H groups in total. The lowest BCUT2D eigenvalue weighted by atomic mass is 10.1. The Morgan fingerprint density at radius 1 is 1.15 bits per heavy atom. The molecule has 3 heterocycles. The molecule has 0 fully saturated rings. The van der Waals surface area contributed by atoms with Gasteiger partial charge in [-0.25, -0.2) is 4.79 Å². The Morgan fingerprint density at radius 3 is 2.62 bits per heavy atom. The minimum Gasteiger partial charge on any atom is -0.457 e. The summed E-state index contributed by atoms with van der Waals surface area (Å²) in [6, 6.07) is 17.0. The van der Waals surface area contributed by atoms with Crippen molar-refractivity contribution in [2.24, 2.45) is 10.1 Å². The molecule has 0 unspecified atom stereocenters. The van der Waals surface area contributed by atoms with Crippen LogP contribution >= 0.6 is 23.4 Å². The number of fused-ring (bicyclic) bond motifs is 1. The van der Waals surface area contributed by atoms with Crippen LogP contribution in [0.1, 0.15) is 21.7 Å². The van der Waals surface area contributed by atoms with Crippen LogP contribution in [0.15, 0.2) is 87.0 Å². The third kappa shape index (κ3) is 4.57. The zero-order valence-electron chi connectivity index (χ0n) is 17.4. The molecule has 0 saturated heterocycles. The van der Waals surface area contributed by atoms with Crippen LogP contribution in [-0.4, -0.2) is 32.9 Å². The molecule has 1 aromatic heterocycles. The first-order valence-corrected chi connectivity index (χ1v) is 11.2. The highest BCUT2D eigenvalue weighted by molar-refractivity contribution is 8.26. The van der Waals surface area contributed by atoms with Gasteiger partial charge in [-0.05, 0) is 65.4 Å². The summed E-state index contributed by atoms with van der Waals surface area (Å²) in [6.45, 7) is 0. The molecular weight excluding hydrogens is 476 g/mol. The van der Waals surface area contributed by atoms with Crippen molar-refractivity contribution in [3.05, 3.63) is 94.4 Å². The largest absolute Gasteiger partial charge is 0.457 e. The zero-order valence-corrected chi connectivity index (χ0v) is 19.0. The molecule has 3 aromatic rings. The number of amidine groups is 2. The van der Waals surface area contributed by atoms with Crippen molar-refractivity contribution in [2.45, 2.75) is 6.42 Å². The number of rotatable bonds is 5. The maximum absolute atomic E-state index is 12.6. The molecule has 34 heavy (non-hydrogen) atoms. The second kappa shape index (κ2) is 9.12. The number of benzene rings is 2. The number of hydrazone groups is 1. The fourth-order valence-electron chi connectivity index (χ4n) is 3.23. The second-order valence-electron chi connectivity index (χ2n) is 7.25. The SMILES string of the molecule is N=C1/C(=C/c2ccc(OC(=O)c3ccco3)cc2)C(=O)N=C2SC(Cc3ccc(Cl)cc3)=NN12. The summed E-state index contributed by atoms with van der Waals surface area (Å²) in [4.78, 5) is 28.7. The molecule has 0 radical (unpaired) electrons. The molecule has 0 aliphatic carbocycles. The Hall–Kier alpha value is -3.95. The average molecular weight is 491 g/mol. The molecule has 8 nitrogen and oxygen atoms in total. The molecule has 5 rings (SSSR count). The van der Waals surface area contributed by atoms with E-state index in [0.717, 1.165) is 10.6 Å². The number of hydrogen-bond donors (Lipinski definition) is 1. The van der Waals surface area contributed by atoms with Crippen molar-refractivity contribution >= 4 is 57.4 Å². The second-order valence-corrected chi connectivity index (χ2v) is 8.73. The van der Waals surface area contributed by atoms with E-state index in [-0.39, 0.29) is 17.2 Å². The Balaban J connectivity index is 1.31. The van der Waals surface area contributed by atoms with Gasteiger partial charge in [0.25, 0.3) is 5.91 Å². The first-order valence-electron chi connectivity index (χ1n) is 10.1. The summed E-state index contributed by atoms with van der Waals surface area (Å²) < 4.78 is 10.3. The number of nitrogens with zero attached hydrogens (tertiary/aromatic N) is 3. The lowest BCUT2D eigenvalue weighted by Crippen LogP contribution is -2.35. The van der Waals surface area contributed by atoms with Crippen molar-refractivity contribution in [2.75, 3.05) is 0 Å². The van der Waals surface area contributed by atoms with E-state index in [1.54, 1.807) is 48.5 Å². The van der Waals surface area contributed by atoms with Crippen LogP contribution in [0.5, 0.6) is 5.75 Å². The number of carbonyl (C=O) groups excluding carboxylic acids is 2. The number of thioether (sulfide) groups is 1. The average Bonchev–Trinajstić information content (AvgIpc) is 3.50. The van der Waals surface area contributed by atoms with Crippen molar-refractivity contribution in [1.82, 2.24) is 5.01 Å². The van der Waals surface area contributed by atoms with Gasteiger partial charge in [-0.2, -0.15) is 15.1 Å². The monoisotopic (exact) mass is 490 g/mol.